The lowest BCUT2D eigenvalue weighted by Crippen LogP contribution is -2.18. The van der Waals surface area contributed by atoms with Gasteiger partial charge in [-0.25, -0.2) is 0 Å². The van der Waals surface area contributed by atoms with Crippen LogP contribution in [0.3, 0.4) is 0 Å². The maximum Gasteiger partial charge on any atom is 0.0608 e. The first-order chi connectivity index (χ1) is 7.93. The van der Waals surface area contributed by atoms with Crippen molar-refractivity contribution >= 4 is 28.2 Å². The van der Waals surface area contributed by atoms with Crippen LogP contribution in [0, 0.1) is 0 Å². The number of benzene rings is 1. The van der Waals surface area contributed by atoms with Crippen molar-refractivity contribution in [2.24, 2.45) is 0 Å². The summed E-state index contributed by atoms with van der Waals surface area (Å²) in [5.41, 5.74) is 1.17. The first-order valence-electron chi connectivity index (χ1n) is 5.60. The van der Waals surface area contributed by atoms with Gasteiger partial charge in [0, 0.05) is 28.8 Å². The number of rotatable bonds is 2. The molecule has 16 heavy (non-hydrogen) atoms. The molecule has 0 spiro atoms. The third-order valence-electron chi connectivity index (χ3n) is 2.96. The van der Waals surface area contributed by atoms with Crippen molar-refractivity contribution in [2.75, 3.05) is 16.8 Å². The van der Waals surface area contributed by atoms with Gasteiger partial charge in [-0.2, -0.15) is 11.8 Å². The Morgan fingerprint density at radius 1 is 1.25 bits per heavy atom. The minimum Gasteiger partial charge on any atom is -0.380 e. The predicted octanol–water partition coefficient (Wildman–Crippen LogP) is 3.15. The van der Waals surface area contributed by atoms with Gasteiger partial charge in [0.05, 0.1) is 11.9 Å². The average molecular weight is 230 g/mol. The van der Waals surface area contributed by atoms with Gasteiger partial charge in [-0.05, 0) is 12.2 Å². The van der Waals surface area contributed by atoms with Crippen LogP contribution in [0.2, 0.25) is 0 Å². The van der Waals surface area contributed by atoms with Crippen molar-refractivity contribution < 1.29 is 0 Å². The fraction of sp³-hybridized carbons (Fsp3) is 0.308. The number of hydrogen-bond donors (Lipinski definition) is 1. The molecule has 1 aliphatic rings. The van der Waals surface area contributed by atoms with E-state index in [1.807, 2.05) is 24.2 Å². The van der Waals surface area contributed by atoms with Gasteiger partial charge in [0.15, 0.2) is 0 Å². The van der Waals surface area contributed by atoms with Gasteiger partial charge in [0.25, 0.3) is 0 Å². The molecule has 1 aromatic carbocycles. The van der Waals surface area contributed by atoms with Crippen LogP contribution in [0.25, 0.3) is 10.8 Å². The van der Waals surface area contributed by atoms with E-state index < -0.39 is 0 Å². The smallest absolute Gasteiger partial charge is 0.0608 e. The molecule has 0 saturated carbocycles. The summed E-state index contributed by atoms with van der Waals surface area (Å²) in [6.07, 6.45) is 5.11. The summed E-state index contributed by atoms with van der Waals surface area (Å²) in [4.78, 5) is 4.29. The van der Waals surface area contributed by atoms with E-state index in [4.69, 9.17) is 0 Å². The molecule has 1 aromatic heterocycles. The molecule has 0 radical (unpaired) electrons. The zero-order valence-corrected chi connectivity index (χ0v) is 9.83. The standard InChI is InChI=1S/C13H14N2S/c1-2-4-12-10(3-1)7-14-8-13(12)15-11-5-6-16-9-11/h1-4,7-8,11,15H,5-6,9H2. The Morgan fingerprint density at radius 3 is 3.06 bits per heavy atom. The second-order valence-electron chi connectivity index (χ2n) is 4.11. The zero-order valence-electron chi connectivity index (χ0n) is 9.02. The second kappa shape index (κ2) is 4.34. The van der Waals surface area contributed by atoms with Crippen LogP contribution in [0.1, 0.15) is 6.42 Å². The summed E-state index contributed by atoms with van der Waals surface area (Å²) >= 11 is 2.02. The van der Waals surface area contributed by atoms with Crippen LogP contribution in [-0.4, -0.2) is 22.5 Å². The number of fused-ring (bicyclic) bond motifs is 1. The van der Waals surface area contributed by atoms with Crippen LogP contribution in [0.5, 0.6) is 0 Å². The van der Waals surface area contributed by atoms with Gasteiger partial charge in [0.2, 0.25) is 0 Å². The minimum atomic E-state index is 0.609. The van der Waals surface area contributed by atoms with Crippen LogP contribution in [0.15, 0.2) is 36.7 Å². The molecule has 0 amide bonds. The molecule has 2 aromatic rings. The van der Waals surface area contributed by atoms with Crippen LogP contribution < -0.4 is 5.32 Å². The monoisotopic (exact) mass is 230 g/mol. The molecule has 2 nitrogen and oxygen atoms in total. The Balaban J connectivity index is 1.96. The van der Waals surface area contributed by atoms with Gasteiger partial charge in [-0.15, -0.1) is 0 Å². The topological polar surface area (TPSA) is 24.9 Å². The third kappa shape index (κ3) is 1.87. The van der Waals surface area contributed by atoms with Gasteiger partial charge in [-0.3, -0.25) is 4.98 Å². The lowest BCUT2D eigenvalue weighted by molar-refractivity contribution is 0.813. The number of pyridine rings is 1. The Bertz CT molecular complexity index is 487. The molecule has 1 unspecified atom stereocenters. The van der Waals surface area contributed by atoms with Crippen molar-refractivity contribution in [3.05, 3.63) is 36.7 Å². The van der Waals surface area contributed by atoms with Crippen molar-refractivity contribution in [1.82, 2.24) is 4.98 Å². The van der Waals surface area contributed by atoms with Gasteiger partial charge >= 0.3 is 0 Å². The molecule has 1 N–H and O–H groups in total. The number of aromatic nitrogens is 1. The van der Waals surface area contributed by atoms with E-state index in [1.165, 1.54) is 34.4 Å². The van der Waals surface area contributed by atoms with Gasteiger partial charge in [-0.1, -0.05) is 24.3 Å². The highest BCUT2D eigenvalue weighted by Crippen LogP contribution is 2.26. The highest BCUT2D eigenvalue weighted by molar-refractivity contribution is 7.99. The Hall–Kier alpha value is -1.22. The van der Waals surface area contributed by atoms with Crippen LogP contribution >= 0.6 is 11.8 Å². The number of nitrogens with one attached hydrogen (secondary N) is 1. The zero-order chi connectivity index (χ0) is 10.8. The number of thioether (sulfide) groups is 1. The third-order valence-corrected chi connectivity index (χ3v) is 4.12. The average Bonchev–Trinajstić information content (AvgIpc) is 2.82. The highest BCUT2D eigenvalue weighted by atomic mass is 32.2. The Labute approximate surface area is 99.5 Å². The van der Waals surface area contributed by atoms with Crippen LogP contribution in [0.4, 0.5) is 5.69 Å². The van der Waals surface area contributed by atoms with E-state index in [9.17, 15) is 0 Å². The normalized spacial score (nSPS) is 20.1. The van der Waals surface area contributed by atoms with Crippen LogP contribution in [-0.2, 0) is 0 Å². The van der Waals surface area contributed by atoms with E-state index in [2.05, 4.69) is 34.6 Å². The second-order valence-corrected chi connectivity index (χ2v) is 5.26. The molecule has 1 atom stereocenters. The molecule has 3 rings (SSSR count). The molecule has 2 heterocycles. The number of anilines is 1. The van der Waals surface area contributed by atoms with Gasteiger partial charge < -0.3 is 5.32 Å². The summed E-state index contributed by atoms with van der Waals surface area (Å²) in [6, 6.07) is 9.01. The molecule has 1 aliphatic heterocycles. The van der Waals surface area contributed by atoms with Crippen molar-refractivity contribution in [3.8, 4) is 0 Å². The number of hydrogen-bond acceptors (Lipinski definition) is 3. The summed E-state index contributed by atoms with van der Waals surface area (Å²) in [5.74, 6) is 2.49. The lowest BCUT2D eigenvalue weighted by atomic mass is 10.1. The molecule has 3 heteroatoms. The molecule has 0 bridgehead atoms. The fourth-order valence-corrected chi connectivity index (χ4v) is 3.25. The summed E-state index contributed by atoms with van der Waals surface area (Å²) in [6.45, 7) is 0. The minimum absolute atomic E-state index is 0.609. The SMILES string of the molecule is c1ccc2c(NC3CCSC3)cncc2c1. The first-order valence-corrected chi connectivity index (χ1v) is 6.76. The maximum absolute atomic E-state index is 4.29. The van der Waals surface area contributed by atoms with Crippen molar-refractivity contribution in [1.29, 1.82) is 0 Å². The Kier molecular flexibility index (Phi) is 2.70. The number of nitrogens with zero attached hydrogens (tertiary/aromatic N) is 1. The molecule has 1 fully saturated rings. The highest BCUT2D eigenvalue weighted by Gasteiger charge is 2.15. The quantitative estimate of drug-likeness (QED) is 0.858. The molecule has 0 aliphatic carbocycles. The lowest BCUT2D eigenvalue weighted by Gasteiger charge is -2.14. The van der Waals surface area contributed by atoms with E-state index in [1.54, 1.807) is 0 Å². The summed E-state index contributed by atoms with van der Waals surface area (Å²) < 4.78 is 0. The van der Waals surface area contributed by atoms with Crippen molar-refractivity contribution in [2.45, 2.75) is 12.5 Å². The Morgan fingerprint density at radius 2 is 2.19 bits per heavy atom. The molecule has 82 valence electrons. The van der Waals surface area contributed by atoms with E-state index >= 15 is 0 Å². The van der Waals surface area contributed by atoms with E-state index in [0.29, 0.717) is 6.04 Å². The van der Waals surface area contributed by atoms with E-state index in [0.717, 1.165) is 0 Å². The molecule has 1 saturated heterocycles. The fourth-order valence-electron chi connectivity index (χ4n) is 2.10. The molecular formula is C13H14N2S. The first kappa shape index (κ1) is 9.97. The van der Waals surface area contributed by atoms with Gasteiger partial charge in [0.1, 0.15) is 0 Å². The largest absolute Gasteiger partial charge is 0.380 e. The predicted molar refractivity (Wildman–Crippen MR) is 71.1 cm³/mol. The summed E-state index contributed by atoms with van der Waals surface area (Å²) in [5, 5.41) is 6.08. The maximum atomic E-state index is 4.29. The van der Waals surface area contributed by atoms with E-state index in [-0.39, 0.29) is 0 Å². The van der Waals surface area contributed by atoms with Crippen molar-refractivity contribution in [3.63, 3.8) is 0 Å². The molecular weight excluding hydrogens is 216 g/mol. The summed E-state index contributed by atoms with van der Waals surface area (Å²) in [7, 11) is 0.